The van der Waals surface area contributed by atoms with Crippen molar-refractivity contribution >= 4 is 20.4 Å². The Kier molecular flexibility index (Phi) is 10.2. The Morgan fingerprint density at radius 1 is 0.694 bits per heavy atom. The molecule has 1 heterocycles. The van der Waals surface area contributed by atoms with Crippen LogP contribution in [0.4, 0.5) is 0 Å². The fraction of sp³-hybridized carbons (Fsp3) is 0.613. The van der Waals surface area contributed by atoms with E-state index < -0.39 is 8.60 Å². The molecule has 0 bridgehead atoms. The van der Waals surface area contributed by atoms with Gasteiger partial charge in [0.1, 0.15) is 11.5 Å². The Morgan fingerprint density at radius 3 is 1.58 bits per heavy atom. The highest BCUT2D eigenvalue weighted by atomic mass is 32.2. The van der Waals surface area contributed by atoms with Crippen molar-refractivity contribution in [2.75, 3.05) is 6.61 Å². The van der Waals surface area contributed by atoms with Crippen LogP contribution in [0, 0.1) is 13.8 Å². The molecular weight excluding hydrogens is 483 g/mol. The highest BCUT2D eigenvalue weighted by molar-refractivity contribution is 7.99. The summed E-state index contributed by atoms with van der Waals surface area (Å²) in [6.07, 6.45) is 8.77. The van der Waals surface area contributed by atoms with Gasteiger partial charge < -0.3 is 9.05 Å². The van der Waals surface area contributed by atoms with Gasteiger partial charge in [-0.25, -0.2) is 0 Å². The van der Waals surface area contributed by atoms with Crippen LogP contribution < -0.4 is 9.05 Å². The summed E-state index contributed by atoms with van der Waals surface area (Å²) >= 11 is 1.75. The molecule has 200 valence electrons. The number of hydrogen-bond donors (Lipinski definition) is 0. The molecule has 36 heavy (non-hydrogen) atoms. The van der Waals surface area contributed by atoms with Crippen LogP contribution in [0.5, 0.6) is 11.5 Å². The Bertz CT molecular complexity index is 948. The summed E-state index contributed by atoms with van der Waals surface area (Å²) in [6.45, 7) is 20.7. The Hall–Kier alpha value is -1.22. The molecule has 0 N–H and O–H groups in total. The summed E-state index contributed by atoms with van der Waals surface area (Å²) in [5.41, 5.74) is 4.79. The number of aryl methyl sites for hydroxylation is 2. The molecule has 0 aromatic heterocycles. The largest absolute Gasteiger partial charge is 0.463 e. The van der Waals surface area contributed by atoms with Crippen molar-refractivity contribution in [3.63, 3.8) is 0 Å². The molecule has 0 aliphatic carbocycles. The van der Waals surface area contributed by atoms with Crippen LogP contribution in [0.1, 0.15) is 116 Å². The van der Waals surface area contributed by atoms with E-state index in [1.165, 1.54) is 60.8 Å². The first-order valence-electron chi connectivity index (χ1n) is 13.7. The smallest absolute Gasteiger partial charge is 0.416 e. The molecule has 0 atom stereocenters. The van der Waals surface area contributed by atoms with Gasteiger partial charge >= 0.3 is 8.60 Å². The minimum atomic E-state index is -1.58. The first kappa shape index (κ1) is 29.3. The molecule has 0 unspecified atom stereocenters. The predicted octanol–water partition coefficient (Wildman–Crippen LogP) is 10.8. The molecule has 0 spiro atoms. The standard InChI is InChI=1S/C31H47O3PS/c1-10-11-12-13-14-15-16-17-32-35-33-28-24(30(4,5)6)18-22(2)20-26(28)36-27-21-23(3)19-25(29(27)34-35)31(7,8)9/h18-21H,10-17H2,1-9H3. The lowest BCUT2D eigenvalue weighted by atomic mass is 9.85. The first-order chi connectivity index (χ1) is 16.9. The van der Waals surface area contributed by atoms with E-state index in [-0.39, 0.29) is 10.8 Å². The van der Waals surface area contributed by atoms with Gasteiger partial charge in [0.25, 0.3) is 0 Å². The number of rotatable bonds is 9. The van der Waals surface area contributed by atoms with Crippen molar-refractivity contribution in [3.05, 3.63) is 46.5 Å². The van der Waals surface area contributed by atoms with Gasteiger partial charge in [0.15, 0.2) is 0 Å². The van der Waals surface area contributed by atoms with Crippen molar-refractivity contribution in [2.24, 2.45) is 0 Å². The van der Waals surface area contributed by atoms with Crippen LogP contribution in [0.15, 0.2) is 34.1 Å². The maximum atomic E-state index is 6.66. The maximum absolute atomic E-state index is 6.66. The monoisotopic (exact) mass is 530 g/mol. The predicted molar refractivity (Wildman–Crippen MR) is 156 cm³/mol. The molecule has 0 saturated heterocycles. The van der Waals surface area contributed by atoms with Gasteiger partial charge in [-0.15, -0.1) is 0 Å². The number of fused-ring (bicyclic) bond motifs is 2. The van der Waals surface area contributed by atoms with Gasteiger partial charge in [-0.1, -0.05) is 111 Å². The molecule has 0 saturated carbocycles. The number of unbranched alkanes of at least 4 members (excludes halogenated alkanes) is 6. The molecule has 0 fully saturated rings. The molecular formula is C31H47O3PS. The third-order valence-corrected chi connectivity index (χ3v) is 8.61. The van der Waals surface area contributed by atoms with E-state index in [9.17, 15) is 0 Å². The molecule has 5 heteroatoms. The average molecular weight is 531 g/mol. The van der Waals surface area contributed by atoms with Crippen molar-refractivity contribution < 1.29 is 13.6 Å². The van der Waals surface area contributed by atoms with Crippen LogP contribution in [-0.2, 0) is 15.4 Å². The van der Waals surface area contributed by atoms with Gasteiger partial charge in [0.05, 0.1) is 16.4 Å². The second-order valence-corrected chi connectivity index (χ2v) is 14.4. The van der Waals surface area contributed by atoms with Crippen LogP contribution in [0.3, 0.4) is 0 Å². The van der Waals surface area contributed by atoms with Gasteiger partial charge in [-0.05, 0) is 54.4 Å². The minimum absolute atomic E-state index is 0.0542. The zero-order chi connectivity index (χ0) is 26.5. The normalized spacial score (nSPS) is 14.4. The molecule has 3 nitrogen and oxygen atoms in total. The second kappa shape index (κ2) is 12.5. The quantitative estimate of drug-likeness (QED) is 0.238. The summed E-state index contributed by atoms with van der Waals surface area (Å²) in [7, 11) is -1.58. The van der Waals surface area contributed by atoms with Gasteiger partial charge in [0, 0.05) is 11.1 Å². The summed E-state index contributed by atoms with van der Waals surface area (Å²) < 4.78 is 19.7. The SMILES string of the molecule is CCCCCCCCCOP1Oc2c(cc(C)cc2C(C)(C)C)Sc2cc(C)cc(C(C)(C)C)c2O1. The van der Waals surface area contributed by atoms with Gasteiger partial charge in [0.2, 0.25) is 0 Å². The van der Waals surface area contributed by atoms with Crippen LogP contribution >= 0.6 is 20.4 Å². The molecule has 2 aromatic carbocycles. The lowest BCUT2D eigenvalue weighted by molar-refractivity contribution is 0.252. The molecule has 1 aliphatic heterocycles. The highest BCUT2D eigenvalue weighted by Gasteiger charge is 2.33. The van der Waals surface area contributed by atoms with Crippen LogP contribution in [-0.4, -0.2) is 6.61 Å². The lowest BCUT2D eigenvalue weighted by Crippen LogP contribution is -2.17. The van der Waals surface area contributed by atoms with E-state index in [0.29, 0.717) is 6.61 Å². The van der Waals surface area contributed by atoms with Crippen molar-refractivity contribution in [1.29, 1.82) is 0 Å². The minimum Gasteiger partial charge on any atom is -0.416 e. The Balaban J connectivity index is 1.94. The third-order valence-electron chi connectivity index (χ3n) is 6.51. The van der Waals surface area contributed by atoms with Crippen LogP contribution in [0.2, 0.25) is 0 Å². The van der Waals surface area contributed by atoms with Crippen molar-refractivity contribution in [3.8, 4) is 11.5 Å². The molecule has 2 aromatic rings. The summed E-state index contributed by atoms with van der Waals surface area (Å²) in [4.78, 5) is 2.28. The topological polar surface area (TPSA) is 27.7 Å². The molecule has 0 radical (unpaired) electrons. The number of hydrogen-bond acceptors (Lipinski definition) is 4. The van der Waals surface area contributed by atoms with E-state index in [2.05, 4.69) is 86.6 Å². The highest BCUT2D eigenvalue weighted by Crippen LogP contribution is 2.56. The van der Waals surface area contributed by atoms with E-state index in [1.54, 1.807) is 11.8 Å². The molecule has 3 rings (SSSR count). The van der Waals surface area contributed by atoms with Crippen molar-refractivity contribution in [1.82, 2.24) is 0 Å². The Labute approximate surface area is 226 Å². The van der Waals surface area contributed by atoms with Gasteiger partial charge in [-0.2, -0.15) is 0 Å². The van der Waals surface area contributed by atoms with Crippen LogP contribution in [0.25, 0.3) is 0 Å². The second-order valence-electron chi connectivity index (χ2n) is 12.2. The zero-order valence-electron chi connectivity index (χ0n) is 24.0. The van der Waals surface area contributed by atoms with E-state index in [1.807, 2.05) is 0 Å². The fourth-order valence-corrected chi connectivity index (χ4v) is 6.92. The third kappa shape index (κ3) is 7.89. The summed E-state index contributed by atoms with van der Waals surface area (Å²) in [5.74, 6) is 1.82. The summed E-state index contributed by atoms with van der Waals surface area (Å²) in [5, 5.41) is 0. The maximum Gasteiger partial charge on any atom is 0.463 e. The first-order valence-corrected chi connectivity index (χ1v) is 15.6. The average Bonchev–Trinajstić information content (AvgIpc) is 2.75. The summed E-state index contributed by atoms with van der Waals surface area (Å²) in [6, 6.07) is 8.99. The fourth-order valence-electron chi connectivity index (χ4n) is 4.47. The Morgan fingerprint density at radius 2 is 1.14 bits per heavy atom. The van der Waals surface area contributed by atoms with E-state index in [0.717, 1.165) is 27.7 Å². The van der Waals surface area contributed by atoms with Gasteiger partial charge in [-0.3, -0.25) is 4.52 Å². The van der Waals surface area contributed by atoms with E-state index >= 15 is 0 Å². The molecule has 1 aliphatic rings. The molecule has 0 amide bonds. The van der Waals surface area contributed by atoms with Crippen molar-refractivity contribution in [2.45, 2.75) is 128 Å². The number of benzene rings is 2. The lowest BCUT2D eigenvalue weighted by Gasteiger charge is -2.32. The van der Waals surface area contributed by atoms with E-state index in [4.69, 9.17) is 13.6 Å². The zero-order valence-corrected chi connectivity index (χ0v) is 25.8.